The van der Waals surface area contributed by atoms with Crippen LogP contribution < -0.4 is 11.1 Å². The maximum atomic E-state index is 14.0. The Balaban J connectivity index is 1.47. The molecule has 1 heterocycles. The smallest absolute Gasteiger partial charge is 0.264 e. The summed E-state index contributed by atoms with van der Waals surface area (Å²) < 4.78 is 0. The Kier molecular flexibility index (Phi) is 5.31. The van der Waals surface area contributed by atoms with E-state index in [1.54, 1.807) is 0 Å². The van der Waals surface area contributed by atoms with Gasteiger partial charge in [0.25, 0.3) is 5.91 Å². The molecule has 1 saturated heterocycles. The number of guanidine groups is 1. The second-order valence-corrected chi connectivity index (χ2v) is 8.50. The van der Waals surface area contributed by atoms with Crippen molar-refractivity contribution in [3.8, 4) is 0 Å². The van der Waals surface area contributed by atoms with Gasteiger partial charge in [0.05, 0.1) is 6.54 Å². The minimum absolute atomic E-state index is 0.103. The van der Waals surface area contributed by atoms with E-state index in [4.69, 9.17) is 11.1 Å². The summed E-state index contributed by atoms with van der Waals surface area (Å²) in [5, 5.41) is 11.9. The standard InChI is InChI=1S/C28H26N4O/c29-25-16-14-21(15-17-25)22-9-7-8-20(18-22)19-32-26(33)28(31-27(32)30,23-10-3-1-4-11-23)24-12-5-2-6-13-24/h1-14,16-18,21H,15,19,29H2,(H2,30,31). The van der Waals surface area contributed by atoms with Gasteiger partial charge in [-0.05, 0) is 34.8 Å². The lowest BCUT2D eigenvalue weighted by Crippen LogP contribution is -2.45. The lowest BCUT2D eigenvalue weighted by atomic mass is 9.82. The molecule has 5 rings (SSSR count). The number of hydrogen-bond donors (Lipinski definition) is 3. The fourth-order valence-electron chi connectivity index (χ4n) is 4.68. The molecule has 1 atom stereocenters. The van der Waals surface area contributed by atoms with Gasteiger partial charge < -0.3 is 11.1 Å². The number of nitrogens with zero attached hydrogens (tertiary/aromatic N) is 1. The molecule has 0 bridgehead atoms. The summed E-state index contributed by atoms with van der Waals surface area (Å²) in [6.45, 7) is 0.328. The maximum Gasteiger partial charge on any atom is 0.264 e. The van der Waals surface area contributed by atoms with E-state index in [-0.39, 0.29) is 17.8 Å². The van der Waals surface area contributed by atoms with Gasteiger partial charge in [-0.3, -0.25) is 15.1 Å². The van der Waals surface area contributed by atoms with Crippen LogP contribution in [-0.4, -0.2) is 16.8 Å². The van der Waals surface area contributed by atoms with Gasteiger partial charge in [-0.1, -0.05) is 97.1 Å². The minimum atomic E-state index is -1.12. The minimum Gasteiger partial charge on any atom is -0.399 e. The first-order valence-electron chi connectivity index (χ1n) is 11.1. The number of hydrogen-bond acceptors (Lipinski definition) is 3. The van der Waals surface area contributed by atoms with Crippen LogP contribution in [0.5, 0.6) is 0 Å². The summed E-state index contributed by atoms with van der Waals surface area (Å²) in [6, 6.07) is 27.5. The van der Waals surface area contributed by atoms with Crippen molar-refractivity contribution >= 4 is 11.9 Å². The molecular formula is C28H26N4O. The van der Waals surface area contributed by atoms with Crippen LogP contribution in [0.4, 0.5) is 0 Å². The van der Waals surface area contributed by atoms with E-state index in [0.29, 0.717) is 6.54 Å². The Hall–Kier alpha value is -4.12. The number of nitrogens with one attached hydrogen (secondary N) is 2. The molecule has 5 nitrogen and oxygen atoms in total. The van der Waals surface area contributed by atoms with Gasteiger partial charge in [0.2, 0.25) is 0 Å². The molecule has 1 unspecified atom stereocenters. The van der Waals surface area contributed by atoms with Crippen LogP contribution in [0.2, 0.25) is 0 Å². The third-order valence-electron chi connectivity index (χ3n) is 6.40. The monoisotopic (exact) mass is 434 g/mol. The van der Waals surface area contributed by atoms with E-state index in [1.165, 1.54) is 10.5 Å². The maximum absolute atomic E-state index is 14.0. The van der Waals surface area contributed by atoms with Crippen molar-refractivity contribution in [3.05, 3.63) is 131 Å². The van der Waals surface area contributed by atoms with Gasteiger partial charge in [0.15, 0.2) is 11.5 Å². The average molecular weight is 435 g/mol. The topological polar surface area (TPSA) is 82.2 Å². The number of carbonyl (C=O) groups is 1. The number of amides is 1. The van der Waals surface area contributed by atoms with Gasteiger partial charge in [-0.25, -0.2) is 0 Å². The molecule has 2 aliphatic rings. The van der Waals surface area contributed by atoms with Crippen molar-refractivity contribution in [2.24, 2.45) is 5.73 Å². The number of allylic oxidation sites excluding steroid dienone is 3. The SMILES string of the molecule is N=C1NC(c2ccccc2)(c2ccccc2)C(=O)N1Cc1cccc(C2C=CC(N)=CC2)c1. The fraction of sp³-hybridized carbons (Fsp3) is 0.143. The van der Waals surface area contributed by atoms with Gasteiger partial charge in [0.1, 0.15) is 0 Å². The predicted octanol–water partition coefficient (Wildman–Crippen LogP) is 4.38. The Morgan fingerprint density at radius 1 is 0.970 bits per heavy atom. The summed E-state index contributed by atoms with van der Waals surface area (Å²) in [5.41, 5.74) is 9.34. The Labute approximate surface area is 193 Å². The van der Waals surface area contributed by atoms with Crippen LogP contribution in [0.3, 0.4) is 0 Å². The molecule has 3 aromatic carbocycles. The van der Waals surface area contributed by atoms with Crippen LogP contribution in [-0.2, 0) is 16.9 Å². The van der Waals surface area contributed by atoms with E-state index in [9.17, 15) is 4.79 Å². The Morgan fingerprint density at radius 3 is 2.24 bits per heavy atom. The quantitative estimate of drug-likeness (QED) is 0.557. The molecule has 0 saturated carbocycles. The van der Waals surface area contributed by atoms with E-state index in [0.717, 1.165) is 28.8 Å². The van der Waals surface area contributed by atoms with Gasteiger partial charge >= 0.3 is 0 Å². The highest BCUT2D eigenvalue weighted by atomic mass is 16.2. The zero-order chi connectivity index (χ0) is 22.8. The van der Waals surface area contributed by atoms with Crippen molar-refractivity contribution in [2.75, 3.05) is 0 Å². The summed E-state index contributed by atoms with van der Waals surface area (Å²) in [6.07, 6.45) is 6.96. The molecule has 164 valence electrons. The molecule has 0 radical (unpaired) electrons. The molecular weight excluding hydrogens is 408 g/mol. The van der Waals surface area contributed by atoms with E-state index in [2.05, 4.69) is 23.5 Å². The van der Waals surface area contributed by atoms with Crippen molar-refractivity contribution in [3.63, 3.8) is 0 Å². The first-order chi connectivity index (χ1) is 16.1. The molecule has 0 spiro atoms. The third-order valence-corrected chi connectivity index (χ3v) is 6.40. The van der Waals surface area contributed by atoms with Crippen molar-refractivity contribution in [1.29, 1.82) is 5.41 Å². The molecule has 3 aromatic rings. The highest BCUT2D eigenvalue weighted by Crippen LogP contribution is 2.36. The molecule has 1 aliphatic heterocycles. The molecule has 1 fully saturated rings. The lowest BCUT2D eigenvalue weighted by Gasteiger charge is -2.28. The van der Waals surface area contributed by atoms with Gasteiger partial charge in [-0.15, -0.1) is 0 Å². The second-order valence-electron chi connectivity index (χ2n) is 8.50. The van der Waals surface area contributed by atoms with Crippen molar-refractivity contribution < 1.29 is 4.79 Å². The third kappa shape index (κ3) is 3.72. The van der Waals surface area contributed by atoms with Crippen molar-refractivity contribution in [1.82, 2.24) is 10.2 Å². The van der Waals surface area contributed by atoms with Gasteiger partial charge in [-0.2, -0.15) is 0 Å². The largest absolute Gasteiger partial charge is 0.399 e. The first-order valence-corrected chi connectivity index (χ1v) is 11.1. The predicted molar refractivity (Wildman–Crippen MR) is 130 cm³/mol. The molecule has 33 heavy (non-hydrogen) atoms. The Bertz CT molecular complexity index is 1210. The second kappa shape index (κ2) is 8.43. The van der Waals surface area contributed by atoms with Crippen LogP contribution in [0.25, 0.3) is 0 Å². The zero-order valence-corrected chi connectivity index (χ0v) is 18.2. The normalized spacial score (nSPS) is 19.3. The van der Waals surface area contributed by atoms with Gasteiger partial charge in [0, 0.05) is 11.6 Å². The Morgan fingerprint density at radius 2 is 1.64 bits per heavy atom. The van der Waals surface area contributed by atoms with Crippen LogP contribution >= 0.6 is 0 Å². The van der Waals surface area contributed by atoms with Crippen molar-refractivity contribution in [2.45, 2.75) is 24.4 Å². The van der Waals surface area contributed by atoms with Crippen LogP contribution in [0.15, 0.2) is 109 Å². The van der Waals surface area contributed by atoms with E-state index in [1.807, 2.05) is 84.9 Å². The number of carbonyl (C=O) groups excluding carboxylic acids is 1. The van der Waals surface area contributed by atoms with Crippen LogP contribution in [0, 0.1) is 5.41 Å². The summed E-state index contributed by atoms with van der Waals surface area (Å²) in [7, 11) is 0. The number of nitrogens with two attached hydrogens (primary N) is 1. The van der Waals surface area contributed by atoms with E-state index >= 15 is 0 Å². The number of benzene rings is 3. The molecule has 1 aliphatic carbocycles. The summed E-state index contributed by atoms with van der Waals surface area (Å²) >= 11 is 0. The van der Waals surface area contributed by atoms with E-state index < -0.39 is 5.54 Å². The average Bonchev–Trinajstić information content (AvgIpc) is 3.11. The molecule has 4 N–H and O–H groups in total. The fourth-order valence-corrected chi connectivity index (χ4v) is 4.68. The molecule has 1 amide bonds. The molecule has 5 heteroatoms. The summed E-state index contributed by atoms with van der Waals surface area (Å²) in [5.74, 6) is 0.215. The highest BCUT2D eigenvalue weighted by molar-refractivity contribution is 6.10. The number of rotatable bonds is 5. The highest BCUT2D eigenvalue weighted by Gasteiger charge is 2.52. The van der Waals surface area contributed by atoms with Crippen LogP contribution in [0.1, 0.15) is 34.6 Å². The molecule has 0 aromatic heterocycles. The zero-order valence-electron chi connectivity index (χ0n) is 18.2. The first kappa shape index (κ1) is 20.8. The summed E-state index contributed by atoms with van der Waals surface area (Å²) in [4.78, 5) is 15.5. The lowest BCUT2D eigenvalue weighted by molar-refractivity contribution is -0.130.